The van der Waals surface area contributed by atoms with Crippen LogP contribution in [0.3, 0.4) is 0 Å². The molecule has 0 saturated carbocycles. The summed E-state index contributed by atoms with van der Waals surface area (Å²) in [6.07, 6.45) is 1.02. The highest BCUT2D eigenvalue weighted by Crippen LogP contribution is 2.34. The molecule has 0 aliphatic carbocycles. The van der Waals surface area contributed by atoms with Crippen molar-refractivity contribution < 1.29 is 9.47 Å². The Morgan fingerprint density at radius 2 is 1.76 bits per heavy atom. The van der Waals surface area contributed by atoms with E-state index in [4.69, 9.17) is 9.47 Å². The second kappa shape index (κ2) is 6.08. The van der Waals surface area contributed by atoms with E-state index in [9.17, 15) is 0 Å². The first-order valence-electron chi connectivity index (χ1n) is 7.49. The fourth-order valence-electron chi connectivity index (χ4n) is 2.73. The molecule has 0 bridgehead atoms. The van der Waals surface area contributed by atoms with Crippen molar-refractivity contribution in [3.05, 3.63) is 53.1 Å². The van der Waals surface area contributed by atoms with Gasteiger partial charge in [-0.15, -0.1) is 0 Å². The SMILES string of the molecule is CCc1cccc(C)c1NCc1cccc2c1OCCO2. The second-order valence-electron chi connectivity index (χ2n) is 5.26. The molecule has 1 aliphatic rings. The molecule has 2 aromatic rings. The molecule has 0 atom stereocenters. The van der Waals surface area contributed by atoms with E-state index in [1.807, 2.05) is 12.1 Å². The number of hydrogen-bond acceptors (Lipinski definition) is 3. The molecule has 0 unspecified atom stereocenters. The summed E-state index contributed by atoms with van der Waals surface area (Å²) in [4.78, 5) is 0. The lowest BCUT2D eigenvalue weighted by Gasteiger charge is -2.22. The van der Waals surface area contributed by atoms with Crippen LogP contribution in [0.15, 0.2) is 36.4 Å². The lowest BCUT2D eigenvalue weighted by Crippen LogP contribution is -2.17. The number of hydrogen-bond donors (Lipinski definition) is 1. The normalized spacial score (nSPS) is 13.0. The van der Waals surface area contributed by atoms with E-state index < -0.39 is 0 Å². The highest BCUT2D eigenvalue weighted by atomic mass is 16.6. The van der Waals surface area contributed by atoms with Gasteiger partial charge in [0.05, 0.1) is 0 Å². The number of aryl methyl sites for hydroxylation is 2. The van der Waals surface area contributed by atoms with E-state index in [-0.39, 0.29) is 0 Å². The van der Waals surface area contributed by atoms with Crippen molar-refractivity contribution in [2.24, 2.45) is 0 Å². The van der Waals surface area contributed by atoms with E-state index in [1.54, 1.807) is 0 Å². The molecule has 1 N–H and O–H groups in total. The molecule has 3 rings (SSSR count). The minimum Gasteiger partial charge on any atom is -0.486 e. The van der Waals surface area contributed by atoms with Crippen molar-refractivity contribution in [1.82, 2.24) is 0 Å². The fraction of sp³-hybridized carbons (Fsp3) is 0.333. The Kier molecular flexibility index (Phi) is 4.00. The molecule has 0 aromatic heterocycles. The molecule has 1 aliphatic heterocycles. The number of anilines is 1. The van der Waals surface area contributed by atoms with Crippen LogP contribution in [0.5, 0.6) is 11.5 Å². The van der Waals surface area contributed by atoms with Gasteiger partial charge in [0.15, 0.2) is 11.5 Å². The monoisotopic (exact) mass is 283 g/mol. The van der Waals surface area contributed by atoms with Crippen LogP contribution in [0, 0.1) is 6.92 Å². The molecule has 0 amide bonds. The van der Waals surface area contributed by atoms with Gasteiger partial charge in [-0.05, 0) is 30.5 Å². The molecule has 3 heteroatoms. The Morgan fingerprint density at radius 3 is 2.62 bits per heavy atom. The van der Waals surface area contributed by atoms with E-state index in [0.29, 0.717) is 13.2 Å². The maximum absolute atomic E-state index is 5.76. The van der Waals surface area contributed by atoms with Crippen molar-refractivity contribution >= 4 is 5.69 Å². The topological polar surface area (TPSA) is 30.5 Å². The zero-order valence-corrected chi connectivity index (χ0v) is 12.6. The van der Waals surface area contributed by atoms with E-state index in [0.717, 1.165) is 30.0 Å². The molecule has 2 aromatic carbocycles. The molecule has 0 fully saturated rings. The van der Waals surface area contributed by atoms with Gasteiger partial charge in [0, 0.05) is 17.8 Å². The van der Waals surface area contributed by atoms with Gasteiger partial charge in [-0.2, -0.15) is 0 Å². The van der Waals surface area contributed by atoms with Gasteiger partial charge in [-0.25, -0.2) is 0 Å². The Morgan fingerprint density at radius 1 is 1.00 bits per heavy atom. The van der Waals surface area contributed by atoms with Gasteiger partial charge in [0.2, 0.25) is 0 Å². The first kappa shape index (κ1) is 13.8. The van der Waals surface area contributed by atoms with Crippen molar-refractivity contribution in [2.45, 2.75) is 26.8 Å². The van der Waals surface area contributed by atoms with Crippen LogP contribution in [0.1, 0.15) is 23.6 Å². The highest BCUT2D eigenvalue weighted by Gasteiger charge is 2.15. The summed E-state index contributed by atoms with van der Waals surface area (Å²) in [6, 6.07) is 12.5. The summed E-state index contributed by atoms with van der Waals surface area (Å²) < 4.78 is 11.4. The van der Waals surface area contributed by atoms with Gasteiger partial charge in [0.1, 0.15) is 13.2 Å². The summed E-state index contributed by atoms with van der Waals surface area (Å²) in [7, 11) is 0. The quantitative estimate of drug-likeness (QED) is 0.922. The molecule has 0 saturated heterocycles. The molecule has 0 spiro atoms. The van der Waals surface area contributed by atoms with Crippen molar-refractivity contribution in [1.29, 1.82) is 0 Å². The average molecular weight is 283 g/mol. The van der Waals surface area contributed by atoms with Crippen LogP contribution in [0.25, 0.3) is 0 Å². The third-order valence-corrected chi connectivity index (χ3v) is 3.84. The van der Waals surface area contributed by atoms with Crippen LogP contribution in [0.4, 0.5) is 5.69 Å². The largest absolute Gasteiger partial charge is 0.486 e. The highest BCUT2D eigenvalue weighted by molar-refractivity contribution is 5.58. The standard InChI is InChI=1S/C18H21NO2/c1-3-14-7-4-6-13(2)17(14)19-12-15-8-5-9-16-18(15)21-11-10-20-16/h4-9,19H,3,10-12H2,1-2H3. The minimum absolute atomic E-state index is 0.620. The van der Waals surface area contributed by atoms with Crippen LogP contribution in [0.2, 0.25) is 0 Å². The fourth-order valence-corrected chi connectivity index (χ4v) is 2.73. The lowest BCUT2D eigenvalue weighted by atomic mass is 10.1. The molecule has 110 valence electrons. The van der Waals surface area contributed by atoms with Crippen LogP contribution < -0.4 is 14.8 Å². The van der Waals surface area contributed by atoms with E-state index in [1.165, 1.54) is 16.8 Å². The van der Waals surface area contributed by atoms with Gasteiger partial charge >= 0.3 is 0 Å². The zero-order chi connectivity index (χ0) is 14.7. The van der Waals surface area contributed by atoms with Crippen LogP contribution in [-0.4, -0.2) is 13.2 Å². The third-order valence-electron chi connectivity index (χ3n) is 3.84. The molecule has 0 radical (unpaired) electrons. The predicted molar refractivity (Wildman–Crippen MR) is 85.3 cm³/mol. The first-order valence-corrected chi connectivity index (χ1v) is 7.49. The maximum Gasteiger partial charge on any atom is 0.166 e. The molecule has 3 nitrogen and oxygen atoms in total. The summed E-state index contributed by atoms with van der Waals surface area (Å²) in [5, 5.41) is 3.56. The molecule has 1 heterocycles. The van der Waals surface area contributed by atoms with E-state index in [2.05, 4.69) is 43.4 Å². The summed E-state index contributed by atoms with van der Waals surface area (Å²) >= 11 is 0. The van der Waals surface area contributed by atoms with Crippen LogP contribution >= 0.6 is 0 Å². The number of benzene rings is 2. The summed E-state index contributed by atoms with van der Waals surface area (Å²) in [6.45, 7) is 6.31. The van der Waals surface area contributed by atoms with Gasteiger partial charge in [-0.1, -0.05) is 37.3 Å². The summed E-state index contributed by atoms with van der Waals surface area (Å²) in [5.74, 6) is 1.73. The number of rotatable bonds is 4. The van der Waals surface area contributed by atoms with Gasteiger partial charge in [0.25, 0.3) is 0 Å². The second-order valence-corrected chi connectivity index (χ2v) is 5.26. The number of para-hydroxylation sites is 2. The number of nitrogens with one attached hydrogen (secondary N) is 1. The van der Waals surface area contributed by atoms with E-state index >= 15 is 0 Å². The Bertz CT molecular complexity index is 637. The van der Waals surface area contributed by atoms with Gasteiger partial charge < -0.3 is 14.8 Å². The molecule has 21 heavy (non-hydrogen) atoms. The third kappa shape index (κ3) is 2.82. The number of ether oxygens (including phenoxy) is 2. The maximum atomic E-state index is 5.76. The predicted octanol–water partition coefficient (Wildman–Crippen LogP) is 3.94. The smallest absolute Gasteiger partial charge is 0.166 e. The van der Waals surface area contributed by atoms with Crippen molar-refractivity contribution in [3.8, 4) is 11.5 Å². The Labute approximate surface area is 125 Å². The Balaban J connectivity index is 1.83. The van der Waals surface area contributed by atoms with Gasteiger partial charge in [-0.3, -0.25) is 0 Å². The molecular formula is C18H21NO2. The van der Waals surface area contributed by atoms with Crippen molar-refractivity contribution in [2.75, 3.05) is 18.5 Å². The lowest BCUT2D eigenvalue weighted by molar-refractivity contribution is 0.170. The van der Waals surface area contributed by atoms with Crippen molar-refractivity contribution in [3.63, 3.8) is 0 Å². The Hall–Kier alpha value is -2.16. The molecular weight excluding hydrogens is 262 g/mol. The minimum atomic E-state index is 0.620. The summed E-state index contributed by atoms with van der Waals surface area (Å²) in [5.41, 5.74) is 4.99. The van der Waals surface area contributed by atoms with Crippen LogP contribution in [-0.2, 0) is 13.0 Å². The zero-order valence-electron chi connectivity index (χ0n) is 12.6. The average Bonchev–Trinajstić information content (AvgIpc) is 2.53. The number of fused-ring (bicyclic) bond motifs is 1. The first-order chi connectivity index (χ1) is 10.3.